The molecule has 0 aromatic heterocycles. The van der Waals surface area contributed by atoms with Gasteiger partial charge in [0.25, 0.3) is 0 Å². The molecule has 0 saturated heterocycles. The second kappa shape index (κ2) is 13.3. The molecule has 0 bridgehead atoms. The van der Waals surface area contributed by atoms with Crippen LogP contribution in [0.4, 0.5) is 0 Å². The van der Waals surface area contributed by atoms with Gasteiger partial charge in [-0.25, -0.2) is 0 Å². The first kappa shape index (κ1) is 22.9. The van der Waals surface area contributed by atoms with E-state index in [0.717, 1.165) is 44.9 Å². The summed E-state index contributed by atoms with van der Waals surface area (Å²) in [7, 11) is 0. The molecule has 0 unspecified atom stereocenters. The monoisotopic (exact) mass is 342 g/mol. The molecule has 4 nitrogen and oxygen atoms in total. The number of hydrogen-bond donors (Lipinski definition) is 0. The van der Waals surface area contributed by atoms with E-state index < -0.39 is 17.4 Å². The Bertz CT molecular complexity index is 326. The minimum Gasteiger partial charge on any atom is -0.465 e. The van der Waals surface area contributed by atoms with E-state index in [1.54, 1.807) is 0 Å². The van der Waals surface area contributed by atoms with Crippen LogP contribution in [-0.2, 0) is 19.1 Å². The van der Waals surface area contributed by atoms with Gasteiger partial charge in [0.2, 0.25) is 0 Å². The molecule has 142 valence electrons. The molecule has 0 aliphatic carbocycles. The molecule has 0 aromatic carbocycles. The molecule has 0 amide bonds. The van der Waals surface area contributed by atoms with Crippen LogP contribution in [0.15, 0.2) is 0 Å². The summed E-state index contributed by atoms with van der Waals surface area (Å²) in [4.78, 5) is 25.5. The van der Waals surface area contributed by atoms with Crippen molar-refractivity contribution in [2.45, 2.75) is 92.4 Å². The normalized spacial score (nSPS) is 11.6. The third kappa shape index (κ3) is 8.16. The lowest BCUT2D eigenvalue weighted by atomic mass is 9.76. The van der Waals surface area contributed by atoms with Crippen LogP contribution in [0.2, 0.25) is 0 Å². The van der Waals surface area contributed by atoms with Crippen LogP contribution in [-0.4, -0.2) is 25.2 Å². The van der Waals surface area contributed by atoms with Gasteiger partial charge in [-0.2, -0.15) is 0 Å². The van der Waals surface area contributed by atoms with Crippen LogP contribution in [0.5, 0.6) is 0 Å². The molecule has 0 radical (unpaired) electrons. The molecule has 0 aromatic rings. The largest absolute Gasteiger partial charge is 0.465 e. The lowest BCUT2D eigenvalue weighted by molar-refractivity contribution is -0.175. The highest BCUT2D eigenvalue weighted by molar-refractivity contribution is 6.00. The molecule has 4 heteroatoms. The number of carbonyl (C=O) groups is 2. The summed E-state index contributed by atoms with van der Waals surface area (Å²) in [6.07, 6.45) is 7.62. The summed E-state index contributed by atoms with van der Waals surface area (Å²) >= 11 is 0. The first-order valence-electron chi connectivity index (χ1n) is 9.79. The number of carbonyl (C=O) groups excluding carboxylic acids is 2. The minimum atomic E-state index is -1.14. The van der Waals surface area contributed by atoms with Crippen LogP contribution in [0.3, 0.4) is 0 Å². The topological polar surface area (TPSA) is 52.6 Å². The Kier molecular flexibility index (Phi) is 12.7. The summed E-state index contributed by atoms with van der Waals surface area (Å²) < 4.78 is 10.9. The molecule has 0 N–H and O–H groups in total. The van der Waals surface area contributed by atoms with Crippen LogP contribution in [0.25, 0.3) is 0 Å². The van der Waals surface area contributed by atoms with Gasteiger partial charge in [-0.3, -0.25) is 9.59 Å². The zero-order chi connectivity index (χ0) is 18.4. The van der Waals surface area contributed by atoms with Gasteiger partial charge in [0.15, 0.2) is 5.41 Å². The van der Waals surface area contributed by atoms with Crippen molar-refractivity contribution in [1.29, 1.82) is 0 Å². The Hall–Kier alpha value is -1.06. The van der Waals surface area contributed by atoms with Crippen LogP contribution >= 0.6 is 0 Å². The van der Waals surface area contributed by atoms with Gasteiger partial charge in [0.05, 0.1) is 13.2 Å². The molecule has 24 heavy (non-hydrogen) atoms. The van der Waals surface area contributed by atoms with Gasteiger partial charge in [-0.1, -0.05) is 66.7 Å². The van der Waals surface area contributed by atoms with E-state index in [2.05, 4.69) is 13.8 Å². The predicted octanol–water partition coefficient (Wildman–Crippen LogP) is 5.29. The van der Waals surface area contributed by atoms with Crippen molar-refractivity contribution in [3.8, 4) is 0 Å². The summed E-state index contributed by atoms with van der Waals surface area (Å²) in [5, 5.41) is 0. The molecular formula is C20H38O4. The van der Waals surface area contributed by atoms with Gasteiger partial charge in [-0.15, -0.1) is 0 Å². The molecule has 0 fully saturated rings. The van der Waals surface area contributed by atoms with E-state index in [4.69, 9.17) is 9.47 Å². The van der Waals surface area contributed by atoms with Crippen LogP contribution in [0.1, 0.15) is 92.4 Å². The molecule has 0 heterocycles. The maximum absolute atomic E-state index is 12.8. The summed E-state index contributed by atoms with van der Waals surface area (Å²) in [5.41, 5.74) is -1.14. The van der Waals surface area contributed by atoms with E-state index >= 15 is 0 Å². The summed E-state index contributed by atoms with van der Waals surface area (Å²) in [6.45, 7) is 11.0. The highest BCUT2D eigenvalue weighted by Gasteiger charge is 2.48. The van der Waals surface area contributed by atoms with Crippen molar-refractivity contribution in [2.24, 2.45) is 11.3 Å². The minimum absolute atomic E-state index is 0.225. The average Bonchev–Trinajstić information content (AvgIpc) is 2.54. The molecule has 0 aliphatic heterocycles. The van der Waals surface area contributed by atoms with Crippen LogP contribution < -0.4 is 0 Å². The number of hydrogen-bond acceptors (Lipinski definition) is 4. The fourth-order valence-corrected chi connectivity index (χ4v) is 2.99. The fourth-order valence-electron chi connectivity index (χ4n) is 2.99. The van der Waals surface area contributed by atoms with E-state index in [-0.39, 0.29) is 5.92 Å². The zero-order valence-electron chi connectivity index (χ0n) is 16.5. The second-order valence-corrected chi connectivity index (χ2v) is 7.12. The Labute approximate surface area is 148 Å². The van der Waals surface area contributed by atoms with E-state index in [1.165, 1.54) is 0 Å². The standard InChI is InChI=1S/C20H38O4/c1-6-9-11-14-23-18(21)20(13-8-3,16-17(4)5)19(22)24-15-12-10-7-2/h17H,6-16H2,1-5H3. The molecule has 0 rings (SSSR count). The Morgan fingerprint density at radius 2 is 1.25 bits per heavy atom. The zero-order valence-corrected chi connectivity index (χ0v) is 16.5. The SMILES string of the molecule is CCCCCOC(=O)C(CCC)(CC(C)C)C(=O)OCCCCC. The first-order chi connectivity index (χ1) is 11.4. The van der Waals surface area contributed by atoms with Gasteiger partial charge in [0.1, 0.15) is 0 Å². The summed E-state index contributed by atoms with van der Waals surface area (Å²) in [5.74, 6) is -0.563. The molecule has 0 saturated carbocycles. The third-order valence-electron chi connectivity index (χ3n) is 4.18. The Morgan fingerprint density at radius 3 is 1.58 bits per heavy atom. The third-order valence-corrected chi connectivity index (χ3v) is 4.18. The quantitative estimate of drug-likeness (QED) is 0.245. The molecule has 0 aliphatic rings. The molecular weight excluding hydrogens is 304 g/mol. The highest BCUT2D eigenvalue weighted by Crippen LogP contribution is 2.35. The average molecular weight is 343 g/mol. The van der Waals surface area contributed by atoms with E-state index in [0.29, 0.717) is 26.1 Å². The highest BCUT2D eigenvalue weighted by atomic mass is 16.6. The Morgan fingerprint density at radius 1 is 0.792 bits per heavy atom. The lowest BCUT2D eigenvalue weighted by Gasteiger charge is -2.30. The lowest BCUT2D eigenvalue weighted by Crippen LogP contribution is -2.43. The van der Waals surface area contributed by atoms with Gasteiger partial charge in [0, 0.05) is 0 Å². The van der Waals surface area contributed by atoms with Gasteiger partial charge < -0.3 is 9.47 Å². The van der Waals surface area contributed by atoms with E-state index in [9.17, 15) is 9.59 Å². The van der Waals surface area contributed by atoms with Gasteiger partial charge in [-0.05, 0) is 31.6 Å². The fraction of sp³-hybridized carbons (Fsp3) is 0.900. The smallest absolute Gasteiger partial charge is 0.323 e. The maximum Gasteiger partial charge on any atom is 0.323 e. The van der Waals surface area contributed by atoms with Crippen molar-refractivity contribution in [1.82, 2.24) is 0 Å². The van der Waals surface area contributed by atoms with Crippen molar-refractivity contribution in [2.75, 3.05) is 13.2 Å². The van der Waals surface area contributed by atoms with Crippen molar-refractivity contribution in [3.05, 3.63) is 0 Å². The second-order valence-electron chi connectivity index (χ2n) is 7.12. The van der Waals surface area contributed by atoms with Crippen molar-refractivity contribution < 1.29 is 19.1 Å². The van der Waals surface area contributed by atoms with E-state index in [1.807, 2.05) is 20.8 Å². The number of rotatable bonds is 14. The molecule has 0 spiro atoms. The molecule has 0 atom stereocenters. The van der Waals surface area contributed by atoms with Crippen molar-refractivity contribution in [3.63, 3.8) is 0 Å². The number of esters is 2. The number of ether oxygens (including phenoxy) is 2. The maximum atomic E-state index is 12.8. The van der Waals surface area contributed by atoms with Crippen molar-refractivity contribution >= 4 is 11.9 Å². The van der Waals surface area contributed by atoms with Gasteiger partial charge >= 0.3 is 11.9 Å². The summed E-state index contributed by atoms with van der Waals surface area (Å²) in [6, 6.07) is 0. The number of unbranched alkanes of at least 4 members (excludes halogenated alkanes) is 4. The predicted molar refractivity (Wildman–Crippen MR) is 97.8 cm³/mol. The first-order valence-corrected chi connectivity index (χ1v) is 9.79. The Balaban J connectivity index is 5.01. The van der Waals surface area contributed by atoms with Crippen LogP contribution in [0, 0.1) is 11.3 Å².